The standard InChI is InChI=1S/C14H16N4O2/c1-17-9-10(8-15-11-6-7-11)14(16-17)12-4-2-3-5-13(12)18(19)20/h2-5,9,11,15H,6-8H2,1H3. The van der Waals surface area contributed by atoms with Crippen LogP contribution in [0.25, 0.3) is 11.3 Å². The molecule has 1 aliphatic carbocycles. The fourth-order valence-electron chi connectivity index (χ4n) is 2.27. The summed E-state index contributed by atoms with van der Waals surface area (Å²) < 4.78 is 1.70. The molecule has 1 saturated carbocycles. The van der Waals surface area contributed by atoms with Gasteiger partial charge in [-0.15, -0.1) is 0 Å². The van der Waals surface area contributed by atoms with E-state index < -0.39 is 0 Å². The molecule has 3 rings (SSSR count). The van der Waals surface area contributed by atoms with Crippen LogP contribution in [-0.2, 0) is 13.6 Å². The number of aromatic nitrogens is 2. The van der Waals surface area contributed by atoms with Crippen molar-refractivity contribution in [1.29, 1.82) is 0 Å². The third-order valence-electron chi connectivity index (χ3n) is 3.42. The summed E-state index contributed by atoms with van der Waals surface area (Å²) in [6.07, 6.45) is 4.34. The Hall–Kier alpha value is -2.21. The van der Waals surface area contributed by atoms with Gasteiger partial charge in [-0.05, 0) is 18.9 Å². The van der Waals surface area contributed by atoms with Crippen LogP contribution in [0.5, 0.6) is 0 Å². The molecule has 0 bridgehead atoms. The summed E-state index contributed by atoms with van der Waals surface area (Å²) in [5.41, 5.74) is 2.35. The minimum Gasteiger partial charge on any atom is -0.310 e. The minimum atomic E-state index is -0.359. The lowest BCUT2D eigenvalue weighted by Crippen LogP contribution is -2.15. The van der Waals surface area contributed by atoms with Crippen LogP contribution in [0.1, 0.15) is 18.4 Å². The Bertz CT molecular complexity index is 646. The van der Waals surface area contributed by atoms with Gasteiger partial charge >= 0.3 is 0 Å². The van der Waals surface area contributed by atoms with Gasteiger partial charge in [-0.2, -0.15) is 5.10 Å². The van der Waals surface area contributed by atoms with Crippen LogP contribution in [0.2, 0.25) is 0 Å². The van der Waals surface area contributed by atoms with E-state index in [9.17, 15) is 10.1 Å². The van der Waals surface area contributed by atoms with Gasteiger partial charge in [0, 0.05) is 37.5 Å². The summed E-state index contributed by atoms with van der Waals surface area (Å²) in [5, 5.41) is 19.0. The molecule has 104 valence electrons. The number of benzene rings is 1. The molecule has 2 aromatic rings. The van der Waals surface area contributed by atoms with Crippen molar-refractivity contribution in [1.82, 2.24) is 15.1 Å². The van der Waals surface area contributed by atoms with E-state index in [0.717, 1.165) is 5.56 Å². The molecule has 0 saturated heterocycles. The lowest BCUT2D eigenvalue weighted by molar-refractivity contribution is -0.384. The highest BCUT2D eigenvalue weighted by atomic mass is 16.6. The van der Waals surface area contributed by atoms with Gasteiger partial charge in [-0.25, -0.2) is 0 Å². The Morgan fingerprint density at radius 3 is 2.90 bits per heavy atom. The van der Waals surface area contributed by atoms with E-state index >= 15 is 0 Å². The fraction of sp³-hybridized carbons (Fsp3) is 0.357. The van der Waals surface area contributed by atoms with E-state index in [0.29, 0.717) is 23.8 Å². The highest BCUT2D eigenvalue weighted by Gasteiger charge is 2.23. The number of nitrogens with one attached hydrogen (secondary N) is 1. The molecule has 0 atom stereocenters. The molecule has 0 aliphatic heterocycles. The first-order valence-electron chi connectivity index (χ1n) is 6.65. The van der Waals surface area contributed by atoms with Crippen molar-refractivity contribution >= 4 is 5.69 Å². The van der Waals surface area contributed by atoms with E-state index in [4.69, 9.17) is 0 Å². The quantitative estimate of drug-likeness (QED) is 0.669. The number of nitrogens with zero attached hydrogens (tertiary/aromatic N) is 3. The first-order chi connectivity index (χ1) is 9.65. The van der Waals surface area contributed by atoms with Crippen LogP contribution in [0.4, 0.5) is 5.69 Å². The van der Waals surface area contributed by atoms with Gasteiger partial charge in [0.2, 0.25) is 0 Å². The number of nitro benzene ring substituents is 1. The Balaban J connectivity index is 1.98. The maximum Gasteiger partial charge on any atom is 0.278 e. The number of rotatable bonds is 5. The minimum absolute atomic E-state index is 0.0962. The number of hydrogen-bond acceptors (Lipinski definition) is 4. The van der Waals surface area contributed by atoms with E-state index in [-0.39, 0.29) is 10.6 Å². The molecular weight excluding hydrogens is 256 g/mol. The van der Waals surface area contributed by atoms with Crippen molar-refractivity contribution in [2.24, 2.45) is 7.05 Å². The molecule has 6 nitrogen and oxygen atoms in total. The van der Waals surface area contributed by atoms with Crippen LogP contribution in [0.3, 0.4) is 0 Å². The van der Waals surface area contributed by atoms with Gasteiger partial charge < -0.3 is 5.32 Å². The SMILES string of the molecule is Cn1cc(CNC2CC2)c(-c2ccccc2[N+](=O)[O-])n1. The molecule has 6 heteroatoms. The third-order valence-corrected chi connectivity index (χ3v) is 3.42. The van der Waals surface area contributed by atoms with Gasteiger partial charge in [0.15, 0.2) is 0 Å². The maximum absolute atomic E-state index is 11.1. The highest BCUT2D eigenvalue weighted by molar-refractivity contribution is 5.72. The first-order valence-corrected chi connectivity index (χ1v) is 6.65. The maximum atomic E-state index is 11.1. The summed E-state index contributed by atoms with van der Waals surface area (Å²) >= 11 is 0. The molecule has 1 aromatic heterocycles. The van der Waals surface area contributed by atoms with Crippen LogP contribution in [-0.4, -0.2) is 20.7 Å². The molecule has 0 radical (unpaired) electrons. The van der Waals surface area contributed by atoms with Crippen LogP contribution in [0.15, 0.2) is 30.5 Å². The van der Waals surface area contributed by atoms with Crippen molar-refractivity contribution in [3.8, 4) is 11.3 Å². The molecule has 0 amide bonds. The van der Waals surface area contributed by atoms with Crippen LogP contribution < -0.4 is 5.32 Å². The van der Waals surface area contributed by atoms with E-state index in [2.05, 4.69) is 10.4 Å². The molecule has 1 fully saturated rings. The Labute approximate surface area is 116 Å². The average Bonchev–Trinajstić information content (AvgIpc) is 3.19. The predicted molar refractivity (Wildman–Crippen MR) is 75.2 cm³/mol. The van der Waals surface area contributed by atoms with Gasteiger partial charge in [0.25, 0.3) is 5.69 Å². The second-order valence-corrected chi connectivity index (χ2v) is 5.11. The zero-order valence-corrected chi connectivity index (χ0v) is 11.2. The Morgan fingerprint density at radius 1 is 1.45 bits per heavy atom. The normalized spacial score (nSPS) is 14.4. The first kappa shape index (κ1) is 12.8. The lowest BCUT2D eigenvalue weighted by atomic mass is 10.1. The van der Waals surface area contributed by atoms with E-state index in [1.54, 1.807) is 22.9 Å². The Kier molecular flexibility index (Phi) is 3.23. The molecule has 1 heterocycles. The highest BCUT2D eigenvalue weighted by Crippen LogP contribution is 2.31. The molecule has 0 spiro atoms. The van der Waals surface area contributed by atoms with Crippen molar-refractivity contribution in [3.63, 3.8) is 0 Å². The summed E-state index contributed by atoms with van der Waals surface area (Å²) in [6.45, 7) is 0.694. The van der Waals surface area contributed by atoms with Crippen molar-refractivity contribution in [2.45, 2.75) is 25.4 Å². The average molecular weight is 272 g/mol. The molecule has 1 aromatic carbocycles. The zero-order valence-electron chi connectivity index (χ0n) is 11.2. The molecule has 1 aliphatic rings. The summed E-state index contributed by atoms with van der Waals surface area (Å²) in [7, 11) is 1.83. The van der Waals surface area contributed by atoms with Crippen LogP contribution in [0, 0.1) is 10.1 Å². The second kappa shape index (κ2) is 5.05. The van der Waals surface area contributed by atoms with E-state index in [1.807, 2.05) is 13.2 Å². The molecule has 1 N–H and O–H groups in total. The molecular formula is C14H16N4O2. The number of hydrogen-bond donors (Lipinski definition) is 1. The lowest BCUT2D eigenvalue weighted by Gasteiger charge is -2.04. The molecule has 20 heavy (non-hydrogen) atoms. The largest absolute Gasteiger partial charge is 0.310 e. The van der Waals surface area contributed by atoms with Gasteiger partial charge in [-0.3, -0.25) is 14.8 Å². The van der Waals surface area contributed by atoms with E-state index in [1.165, 1.54) is 18.9 Å². The van der Waals surface area contributed by atoms with Crippen LogP contribution >= 0.6 is 0 Å². The number of aryl methyl sites for hydroxylation is 1. The number of nitro groups is 1. The van der Waals surface area contributed by atoms with Gasteiger partial charge in [0.1, 0.15) is 5.69 Å². The van der Waals surface area contributed by atoms with Crippen molar-refractivity contribution in [3.05, 3.63) is 46.1 Å². The fourth-order valence-corrected chi connectivity index (χ4v) is 2.27. The third kappa shape index (κ3) is 2.55. The Morgan fingerprint density at radius 2 is 2.20 bits per heavy atom. The summed E-state index contributed by atoms with van der Waals surface area (Å²) in [5.74, 6) is 0. The van der Waals surface area contributed by atoms with Gasteiger partial charge in [0.05, 0.1) is 10.5 Å². The summed E-state index contributed by atoms with van der Waals surface area (Å²) in [6, 6.07) is 7.33. The smallest absolute Gasteiger partial charge is 0.278 e. The molecule has 0 unspecified atom stereocenters. The summed E-state index contributed by atoms with van der Waals surface area (Å²) in [4.78, 5) is 10.8. The topological polar surface area (TPSA) is 73.0 Å². The van der Waals surface area contributed by atoms with Crippen molar-refractivity contribution < 1.29 is 4.92 Å². The number of para-hydroxylation sites is 1. The monoisotopic (exact) mass is 272 g/mol. The van der Waals surface area contributed by atoms with Crippen molar-refractivity contribution in [2.75, 3.05) is 0 Å². The zero-order chi connectivity index (χ0) is 14.1. The van der Waals surface area contributed by atoms with Gasteiger partial charge in [-0.1, -0.05) is 12.1 Å². The predicted octanol–water partition coefficient (Wildman–Crippen LogP) is 2.25. The second-order valence-electron chi connectivity index (χ2n) is 5.11.